The van der Waals surface area contributed by atoms with E-state index in [4.69, 9.17) is 0 Å². The summed E-state index contributed by atoms with van der Waals surface area (Å²) in [7, 11) is 0. The van der Waals surface area contributed by atoms with Gasteiger partial charge in [-0.3, -0.25) is 0 Å². The first-order valence-electron chi connectivity index (χ1n) is 0. The van der Waals surface area contributed by atoms with Crippen LogP contribution in [0.3, 0.4) is 0 Å². The number of halogens is 2. The smallest absolute Gasteiger partial charge is 1.00 e. The summed E-state index contributed by atoms with van der Waals surface area (Å²) in [6.07, 6.45) is 0. The quantitative estimate of drug-likeness (QED) is 0.553. The Morgan fingerprint density at radius 2 is 1.00 bits per heavy atom. The maximum absolute atomic E-state index is 0. The first-order valence-corrected chi connectivity index (χ1v) is 0. The number of rotatable bonds is 0. The molecule has 0 saturated carbocycles. The van der Waals surface area contributed by atoms with Crippen molar-refractivity contribution >= 4 is 111 Å². The minimum atomic E-state index is 0. The summed E-state index contributed by atoms with van der Waals surface area (Å²) < 4.78 is 0. The predicted molar refractivity (Wildman–Crippen MR) is 30.5 cm³/mol. The second-order valence-corrected chi connectivity index (χ2v) is 0. The standard InChI is InChI=1S/Ba.Ca.2ClH.4H/h;;2*1H;;;;/q2*+2;;;4*-1. The summed E-state index contributed by atoms with van der Waals surface area (Å²) >= 11 is 0. The van der Waals surface area contributed by atoms with Crippen LogP contribution in [0.1, 0.15) is 5.71 Å². The molecule has 0 aromatic heterocycles. The molecule has 0 aromatic rings. The van der Waals surface area contributed by atoms with Crippen molar-refractivity contribution in [2.75, 3.05) is 0 Å². The fourth-order valence-corrected chi connectivity index (χ4v) is 0. The van der Waals surface area contributed by atoms with Gasteiger partial charge in [-0.2, -0.15) is 0 Å². The van der Waals surface area contributed by atoms with Crippen LogP contribution in [0.15, 0.2) is 0 Å². The Kier molecular flexibility index (Phi) is 106. The second-order valence-electron chi connectivity index (χ2n) is 0. The largest absolute Gasteiger partial charge is 2.00 e. The summed E-state index contributed by atoms with van der Waals surface area (Å²) in [5.74, 6) is 0. The van der Waals surface area contributed by atoms with E-state index >= 15 is 0 Å². The van der Waals surface area contributed by atoms with Gasteiger partial charge in [0.05, 0.1) is 0 Å². The van der Waals surface area contributed by atoms with Crippen molar-refractivity contribution in [3.8, 4) is 0 Å². The molecule has 0 atom stereocenters. The van der Waals surface area contributed by atoms with Gasteiger partial charge in [-0.1, -0.05) is 0 Å². The van der Waals surface area contributed by atoms with Crippen molar-refractivity contribution in [2.24, 2.45) is 0 Å². The summed E-state index contributed by atoms with van der Waals surface area (Å²) in [5.41, 5.74) is 0. The third-order valence-electron chi connectivity index (χ3n) is 0. The number of hydrogen-bond donors (Lipinski definition) is 0. The van der Waals surface area contributed by atoms with Crippen molar-refractivity contribution in [3.63, 3.8) is 0 Å². The van der Waals surface area contributed by atoms with Crippen molar-refractivity contribution in [1.82, 2.24) is 0 Å². The molecule has 0 spiro atoms. The van der Waals surface area contributed by atoms with Crippen molar-refractivity contribution < 1.29 is 5.71 Å². The molecule has 0 aliphatic carbocycles. The third-order valence-corrected chi connectivity index (χ3v) is 0. The van der Waals surface area contributed by atoms with E-state index in [2.05, 4.69) is 0 Å². The van der Waals surface area contributed by atoms with E-state index in [1.165, 1.54) is 0 Å². The fraction of sp³-hybridized carbons (Fsp3) is 0. The van der Waals surface area contributed by atoms with Gasteiger partial charge in [0, 0.05) is 0 Å². The van der Waals surface area contributed by atoms with Gasteiger partial charge in [0.1, 0.15) is 0 Å². The van der Waals surface area contributed by atoms with Gasteiger partial charge >= 0.3 is 86.6 Å². The molecule has 0 bridgehead atoms. The molecule has 0 aromatic carbocycles. The Labute approximate surface area is 114 Å². The normalized spacial score (nSPS) is 0. The van der Waals surface area contributed by atoms with E-state index in [1.807, 2.05) is 0 Å². The maximum atomic E-state index is 0. The van der Waals surface area contributed by atoms with E-state index in [9.17, 15) is 0 Å². The zero-order chi connectivity index (χ0) is 0. The number of hydrogen-bond acceptors (Lipinski definition) is 0. The Bertz CT molecular complexity index is 14.0. The van der Waals surface area contributed by atoms with Crippen LogP contribution in [0, 0.1) is 0 Å². The van der Waals surface area contributed by atoms with Crippen LogP contribution in [0.5, 0.6) is 0 Å². The first kappa shape index (κ1) is 26.2. The Hall–Kier alpha value is 3.41. The van der Waals surface area contributed by atoms with E-state index < -0.39 is 0 Å². The Morgan fingerprint density at radius 1 is 1.00 bits per heavy atom. The summed E-state index contributed by atoms with van der Waals surface area (Å²) in [6, 6.07) is 0. The van der Waals surface area contributed by atoms with Gasteiger partial charge in [-0.25, -0.2) is 0 Å². The molecule has 0 saturated heterocycles. The van der Waals surface area contributed by atoms with Crippen molar-refractivity contribution in [2.45, 2.75) is 0 Å². The summed E-state index contributed by atoms with van der Waals surface area (Å²) in [6.45, 7) is 0. The molecular weight excluding hydrogens is 248 g/mol. The predicted octanol–water partition coefficient (Wildman–Crippen LogP) is 0.532. The van der Waals surface area contributed by atoms with Crippen LogP contribution in [0.4, 0.5) is 0 Å². The second kappa shape index (κ2) is 16.1. The molecule has 0 amide bonds. The molecule has 0 nitrogen and oxygen atoms in total. The topological polar surface area (TPSA) is 0 Å². The molecular formula is H6BaCaCl2. The van der Waals surface area contributed by atoms with E-state index in [0.29, 0.717) is 0 Å². The average Bonchev–Trinajstić information content (AvgIpc) is 0. The molecule has 0 aliphatic rings. The average molecular weight is 254 g/mol. The minimum Gasteiger partial charge on any atom is -1.00 e. The van der Waals surface area contributed by atoms with Gasteiger partial charge in [0.2, 0.25) is 0 Å². The summed E-state index contributed by atoms with van der Waals surface area (Å²) in [4.78, 5) is 0. The zero-order valence-electron chi connectivity index (χ0n) is 6.23. The van der Waals surface area contributed by atoms with E-state index in [0.717, 1.165) is 0 Å². The molecule has 0 N–H and O–H groups in total. The molecule has 0 heterocycles. The van der Waals surface area contributed by atoms with Crippen molar-refractivity contribution in [3.05, 3.63) is 0 Å². The van der Waals surface area contributed by atoms with E-state index in [-0.39, 0.29) is 117 Å². The van der Waals surface area contributed by atoms with Gasteiger partial charge in [-0.05, 0) is 0 Å². The van der Waals surface area contributed by atoms with Crippen LogP contribution >= 0.6 is 24.8 Å². The minimum absolute atomic E-state index is 0. The molecule has 0 rings (SSSR count). The molecule has 0 radical (unpaired) electrons. The van der Waals surface area contributed by atoms with Gasteiger partial charge < -0.3 is 5.71 Å². The molecule has 0 aliphatic heterocycles. The fourth-order valence-electron chi connectivity index (χ4n) is 0. The molecule has 0 unspecified atom stereocenters. The maximum Gasteiger partial charge on any atom is 2.00 e. The van der Waals surface area contributed by atoms with Gasteiger partial charge in [0.25, 0.3) is 0 Å². The van der Waals surface area contributed by atoms with Gasteiger partial charge in [0.15, 0.2) is 0 Å². The SMILES string of the molecule is Cl.Cl.[Ba+2].[Ca+2].[H-].[H-].[H-].[H-]. The van der Waals surface area contributed by atoms with Gasteiger partial charge in [-0.15, -0.1) is 24.8 Å². The Morgan fingerprint density at radius 3 is 1.00 bits per heavy atom. The van der Waals surface area contributed by atoms with E-state index in [1.54, 1.807) is 0 Å². The molecule has 0 fully saturated rings. The molecule has 24 valence electrons. The van der Waals surface area contributed by atoms with Crippen LogP contribution in [-0.2, 0) is 0 Å². The first-order chi connectivity index (χ1) is 0. The summed E-state index contributed by atoms with van der Waals surface area (Å²) in [5, 5.41) is 0. The van der Waals surface area contributed by atoms with Crippen LogP contribution in [0.2, 0.25) is 0 Å². The molecule has 4 heavy (non-hydrogen) atoms. The van der Waals surface area contributed by atoms with Crippen LogP contribution < -0.4 is 0 Å². The monoisotopic (exact) mass is 254 g/mol. The van der Waals surface area contributed by atoms with Crippen molar-refractivity contribution in [1.29, 1.82) is 0 Å². The molecule has 4 heteroatoms. The van der Waals surface area contributed by atoms with Crippen LogP contribution in [-0.4, -0.2) is 86.6 Å². The third kappa shape index (κ3) is 9.05. The van der Waals surface area contributed by atoms with Crippen LogP contribution in [0.25, 0.3) is 0 Å². The Balaban J connectivity index is 0. The zero-order valence-corrected chi connectivity index (χ0v) is 10.5.